The van der Waals surface area contributed by atoms with Crippen LogP contribution in [0, 0.1) is 0 Å². The number of hydrogen-bond acceptors (Lipinski definition) is 13. The molecule has 0 amide bonds. The SMILES string of the molecule is C.CC(C)OC(C)C.CC(C)OC1CC1.CC(C)OCCN(C)C.CC(C)OCCN1CCCCC1.CC(C)OCCN1CCN(C)CC1.CC(C)Oc1ccccc1.CCOC(C)C.COCCOC(C)C. The largest absolute Gasteiger partial charge is 0.491 e. The van der Waals surface area contributed by atoms with Gasteiger partial charge < -0.3 is 57.3 Å². The molecule has 1 aromatic carbocycles. The molecule has 2 aliphatic heterocycles. The van der Waals surface area contributed by atoms with Crippen LogP contribution in [-0.4, -0.2) is 207 Å². The van der Waals surface area contributed by atoms with Crippen molar-refractivity contribution in [3.63, 3.8) is 0 Å². The molecular weight excluding hydrogens is 921 g/mol. The lowest BCUT2D eigenvalue weighted by molar-refractivity contribution is 0.0300. The van der Waals surface area contributed by atoms with Crippen molar-refractivity contribution in [2.24, 2.45) is 0 Å². The number of hydrogen-bond donors (Lipinski definition) is 0. The summed E-state index contributed by atoms with van der Waals surface area (Å²) in [4.78, 5) is 9.47. The molecule has 0 spiro atoms. The normalized spacial score (nSPS) is 14.9. The smallest absolute Gasteiger partial charge is 0.119 e. The molecule has 1 saturated carbocycles. The van der Waals surface area contributed by atoms with Gasteiger partial charge in [0.05, 0.1) is 94.1 Å². The van der Waals surface area contributed by atoms with E-state index in [1.807, 2.05) is 121 Å². The lowest BCUT2D eigenvalue weighted by Crippen LogP contribution is -2.45. The van der Waals surface area contributed by atoms with Crippen LogP contribution < -0.4 is 4.74 Å². The van der Waals surface area contributed by atoms with Crippen molar-refractivity contribution < 1.29 is 42.6 Å². The van der Waals surface area contributed by atoms with Gasteiger partial charge in [-0.15, -0.1) is 0 Å². The molecule has 13 heteroatoms. The van der Waals surface area contributed by atoms with Crippen LogP contribution in [0.25, 0.3) is 0 Å². The number of methoxy groups -OCH3 is 1. The van der Waals surface area contributed by atoms with Gasteiger partial charge in [-0.1, -0.05) is 32.0 Å². The number of ether oxygens (including phenoxy) is 9. The highest BCUT2D eigenvalue weighted by Gasteiger charge is 2.22. The highest BCUT2D eigenvalue weighted by molar-refractivity contribution is 5.21. The zero-order chi connectivity index (χ0) is 55.7. The van der Waals surface area contributed by atoms with Crippen molar-refractivity contribution in [1.29, 1.82) is 0 Å². The number of rotatable bonds is 24. The van der Waals surface area contributed by atoms with Gasteiger partial charge in [-0.2, -0.15) is 0 Å². The van der Waals surface area contributed by atoms with E-state index in [1.54, 1.807) is 7.11 Å². The van der Waals surface area contributed by atoms with Gasteiger partial charge in [0.15, 0.2) is 0 Å². The van der Waals surface area contributed by atoms with E-state index in [0.717, 1.165) is 51.8 Å². The molecule has 0 atom stereocenters. The van der Waals surface area contributed by atoms with Crippen molar-refractivity contribution >= 4 is 0 Å². The van der Waals surface area contributed by atoms with Crippen LogP contribution in [0.4, 0.5) is 0 Å². The Labute approximate surface area is 455 Å². The minimum Gasteiger partial charge on any atom is -0.491 e. The number of likely N-dealkylation sites (N-methyl/N-ethyl adjacent to an activating group) is 2. The van der Waals surface area contributed by atoms with Gasteiger partial charge in [-0.05, 0) is 204 Å². The first-order chi connectivity index (χ1) is 33.8. The van der Waals surface area contributed by atoms with Crippen LogP contribution in [-0.2, 0) is 37.9 Å². The van der Waals surface area contributed by atoms with Gasteiger partial charge in [0, 0.05) is 59.5 Å². The molecule has 0 radical (unpaired) electrons. The quantitative estimate of drug-likeness (QED) is 0.0920. The molecule has 2 heterocycles. The molecule has 0 aromatic heterocycles. The molecule has 13 nitrogen and oxygen atoms in total. The summed E-state index contributed by atoms with van der Waals surface area (Å²) in [5.74, 6) is 0.942. The van der Waals surface area contributed by atoms with Crippen molar-refractivity contribution in [2.45, 2.75) is 232 Å². The van der Waals surface area contributed by atoms with Gasteiger partial charge in [0.1, 0.15) is 5.75 Å². The Hall–Kier alpha value is -1.46. The number of likely N-dealkylation sites (tertiary alicyclic amines) is 1. The molecular formula is C60H128N4O9. The van der Waals surface area contributed by atoms with Crippen LogP contribution in [0.1, 0.15) is 171 Å². The van der Waals surface area contributed by atoms with Crippen molar-refractivity contribution in [3.8, 4) is 5.75 Å². The van der Waals surface area contributed by atoms with Crippen molar-refractivity contribution in [1.82, 2.24) is 19.6 Å². The van der Waals surface area contributed by atoms with E-state index in [0.29, 0.717) is 68.1 Å². The van der Waals surface area contributed by atoms with E-state index >= 15 is 0 Å². The molecule has 442 valence electrons. The van der Waals surface area contributed by atoms with Crippen LogP contribution in [0.15, 0.2) is 30.3 Å². The highest BCUT2D eigenvalue weighted by Crippen LogP contribution is 2.24. The summed E-state index contributed by atoms with van der Waals surface area (Å²) in [5, 5.41) is 0. The minimum atomic E-state index is 0. The zero-order valence-corrected chi connectivity index (χ0v) is 51.8. The Bertz CT molecular complexity index is 1130. The Morgan fingerprint density at radius 2 is 0.918 bits per heavy atom. The predicted octanol–water partition coefficient (Wildman–Crippen LogP) is 12.5. The van der Waals surface area contributed by atoms with Gasteiger partial charge in [-0.3, -0.25) is 4.90 Å². The number of piperazine rings is 1. The fourth-order valence-corrected chi connectivity index (χ4v) is 6.17. The fraction of sp³-hybridized carbons (Fsp3) is 0.900. The average molecular weight is 1050 g/mol. The molecule has 0 unspecified atom stereocenters. The van der Waals surface area contributed by atoms with Gasteiger partial charge >= 0.3 is 0 Å². The standard InChI is InChI=1S/C10H22N2O.C10H21NO.C9H12O.C7H17NO.C6H14O2.C6H12O.C6H14O.C5H12O.CH4/c1-10(2)13-9-8-12-6-4-11(3)5-7-12;1-10(2)12-9-8-11-6-4-3-5-7-11;1-8(2)10-9-6-4-3-5-7-9;1-7(2)9-6-5-8(3)4;1-6(2)8-5-4-7-3;1-5(2)7-6-3-4-6;1-5(2)7-6(3)4;1-4-6-5(2)3;/h10H,4-9H2,1-3H3;10H,3-9H2,1-2H3;3-8H,1-2H3;7H,5-6H2,1-4H3;6H,4-5H2,1-3H3;5-6H,3-4H2,1-2H3;5-6H,1-4H3;5H,4H2,1-3H3;1H4. The summed E-state index contributed by atoms with van der Waals surface area (Å²) in [6.07, 6.45) is 10.7. The van der Waals surface area contributed by atoms with Crippen molar-refractivity contribution in [2.75, 3.05) is 127 Å². The lowest BCUT2D eigenvalue weighted by atomic mass is 10.1. The summed E-state index contributed by atoms with van der Waals surface area (Å²) in [5.41, 5.74) is 0. The van der Waals surface area contributed by atoms with Gasteiger partial charge in [0.25, 0.3) is 0 Å². The Kier molecular flexibility index (Phi) is 62.5. The first-order valence-electron chi connectivity index (χ1n) is 28.2. The number of para-hydroxylation sites is 1. The highest BCUT2D eigenvalue weighted by atomic mass is 16.5. The summed E-state index contributed by atoms with van der Waals surface area (Å²) < 4.78 is 47.3. The molecule has 1 aliphatic carbocycles. The molecule has 2 saturated heterocycles. The Balaban J connectivity index is -0.000000244. The molecule has 0 N–H and O–H groups in total. The molecule has 3 fully saturated rings. The molecule has 4 rings (SSSR count). The minimum absolute atomic E-state index is 0. The van der Waals surface area contributed by atoms with Crippen LogP contribution in [0.3, 0.4) is 0 Å². The maximum Gasteiger partial charge on any atom is 0.119 e. The maximum absolute atomic E-state index is 5.52. The molecule has 0 bridgehead atoms. The summed E-state index contributed by atoms with van der Waals surface area (Å²) in [7, 11) is 7.94. The van der Waals surface area contributed by atoms with Crippen LogP contribution in [0.5, 0.6) is 5.75 Å². The monoisotopic (exact) mass is 1050 g/mol. The number of piperidine rings is 1. The first-order valence-corrected chi connectivity index (χ1v) is 28.2. The van der Waals surface area contributed by atoms with E-state index in [4.69, 9.17) is 42.6 Å². The zero-order valence-electron chi connectivity index (χ0n) is 51.8. The molecule has 3 aliphatic rings. The summed E-state index contributed by atoms with van der Waals surface area (Å²) >= 11 is 0. The molecule has 73 heavy (non-hydrogen) atoms. The van der Waals surface area contributed by atoms with E-state index in [1.165, 1.54) is 71.4 Å². The second-order valence-electron chi connectivity index (χ2n) is 21.1. The van der Waals surface area contributed by atoms with E-state index < -0.39 is 0 Å². The second kappa shape index (κ2) is 56.7. The second-order valence-corrected chi connectivity index (χ2v) is 21.1. The summed E-state index contributed by atoms with van der Waals surface area (Å²) in [6, 6.07) is 9.84. The topological polar surface area (TPSA) is 96.0 Å². The third kappa shape index (κ3) is 77.1. The van der Waals surface area contributed by atoms with E-state index in [2.05, 4.69) is 82.0 Å². The third-order valence-corrected chi connectivity index (χ3v) is 9.64. The van der Waals surface area contributed by atoms with Gasteiger partial charge in [-0.25, -0.2) is 0 Å². The third-order valence-electron chi connectivity index (χ3n) is 9.64. The number of benzene rings is 1. The summed E-state index contributed by atoms with van der Waals surface area (Å²) in [6.45, 7) is 54.3. The number of nitrogens with zero attached hydrogens (tertiary/aromatic N) is 4. The predicted molar refractivity (Wildman–Crippen MR) is 315 cm³/mol. The van der Waals surface area contributed by atoms with Crippen molar-refractivity contribution in [3.05, 3.63) is 30.3 Å². The van der Waals surface area contributed by atoms with Crippen LogP contribution >= 0.6 is 0 Å². The fourth-order valence-electron chi connectivity index (χ4n) is 6.17. The van der Waals surface area contributed by atoms with Gasteiger partial charge in [0.2, 0.25) is 0 Å². The maximum atomic E-state index is 5.52. The molecule has 1 aromatic rings. The lowest BCUT2D eigenvalue weighted by Gasteiger charge is -2.32. The Morgan fingerprint density at radius 1 is 0.493 bits per heavy atom. The first kappa shape index (κ1) is 80.4. The van der Waals surface area contributed by atoms with E-state index in [-0.39, 0.29) is 13.5 Å². The van der Waals surface area contributed by atoms with Crippen LogP contribution in [0.2, 0.25) is 0 Å². The Morgan fingerprint density at radius 3 is 1.23 bits per heavy atom. The van der Waals surface area contributed by atoms with E-state index in [9.17, 15) is 0 Å². The average Bonchev–Trinajstić information content (AvgIpc) is 4.09.